The van der Waals surface area contributed by atoms with Gasteiger partial charge in [0.25, 0.3) is 0 Å². The Hall–Kier alpha value is -2.54. The van der Waals surface area contributed by atoms with Crippen LogP contribution in [0.4, 0.5) is 32.0 Å². The fourth-order valence-electron chi connectivity index (χ4n) is 3.46. The van der Waals surface area contributed by atoms with Gasteiger partial charge >= 0.3 is 24.3 Å². The lowest BCUT2D eigenvalue weighted by atomic mass is 9.98. The minimum absolute atomic E-state index is 0.529. The number of anilines is 1. The van der Waals surface area contributed by atoms with Crippen LogP contribution in [0.15, 0.2) is 24.3 Å². The number of alkyl halides is 6. The van der Waals surface area contributed by atoms with E-state index in [1.54, 1.807) is 0 Å². The van der Waals surface area contributed by atoms with Gasteiger partial charge in [-0.15, -0.1) is 0 Å². The maximum Gasteiger partial charge on any atom is 0.490 e. The standard InChI is InChI=1S/C20H34N2O.2C2HF3O2/c1-16-7-5-9-19(15-16)22-13-10-18(11-14-22)21-17(2)8-6-12-20(3,4)23;2*3-2(4,5)1(6)7/h5,7,9,15,17-18,21,23H,6,8,10-14H2,1-4H3;2*(H,6,7). The lowest BCUT2D eigenvalue weighted by Gasteiger charge is -2.35. The van der Waals surface area contributed by atoms with E-state index in [1.165, 1.54) is 24.1 Å². The summed E-state index contributed by atoms with van der Waals surface area (Å²) in [5.74, 6) is -5.51. The molecule has 37 heavy (non-hydrogen) atoms. The van der Waals surface area contributed by atoms with Crippen molar-refractivity contribution in [3.8, 4) is 0 Å². The number of benzene rings is 1. The van der Waals surface area contributed by atoms with E-state index in [0.29, 0.717) is 12.1 Å². The summed E-state index contributed by atoms with van der Waals surface area (Å²) < 4.78 is 63.5. The van der Waals surface area contributed by atoms with Crippen LogP contribution >= 0.6 is 0 Å². The molecule has 2 rings (SSSR count). The van der Waals surface area contributed by atoms with E-state index in [-0.39, 0.29) is 0 Å². The quantitative estimate of drug-likeness (QED) is 0.350. The van der Waals surface area contributed by atoms with E-state index in [0.717, 1.165) is 32.4 Å². The number of carboxylic acids is 2. The highest BCUT2D eigenvalue weighted by molar-refractivity contribution is 5.73. The minimum Gasteiger partial charge on any atom is -0.475 e. The number of nitrogens with one attached hydrogen (secondary N) is 1. The number of nitrogens with zero attached hydrogens (tertiary/aromatic N) is 1. The number of aryl methyl sites for hydroxylation is 1. The number of carboxylic acid groups (broad SMARTS) is 2. The molecular formula is C24H36F6N2O5. The third-order valence-electron chi connectivity index (χ3n) is 5.29. The lowest BCUT2D eigenvalue weighted by Crippen LogP contribution is -2.45. The highest BCUT2D eigenvalue weighted by atomic mass is 19.4. The Morgan fingerprint density at radius 1 is 1.03 bits per heavy atom. The average Bonchev–Trinajstić information content (AvgIpc) is 2.73. The number of halogens is 6. The van der Waals surface area contributed by atoms with Crippen LogP contribution in [-0.2, 0) is 9.59 Å². The molecule has 1 aromatic carbocycles. The van der Waals surface area contributed by atoms with Crippen molar-refractivity contribution >= 4 is 17.6 Å². The van der Waals surface area contributed by atoms with E-state index < -0.39 is 29.9 Å². The SMILES string of the molecule is Cc1cccc(N2CCC(NC(C)CCCC(C)(C)O)CC2)c1.O=C(O)C(F)(F)F.O=C(O)C(F)(F)F. The Morgan fingerprint density at radius 3 is 1.86 bits per heavy atom. The summed E-state index contributed by atoms with van der Waals surface area (Å²) in [6.45, 7) is 10.5. The van der Waals surface area contributed by atoms with Crippen LogP contribution in [0.3, 0.4) is 0 Å². The predicted octanol–water partition coefficient (Wildman–Crippen LogP) is 5.15. The molecule has 0 amide bonds. The summed E-state index contributed by atoms with van der Waals surface area (Å²) in [7, 11) is 0. The molecular weight excluding hydrogens is 510 g/mol. The van der Waals surface area contributed by atoms with Crippen molar-refractivity contribution < 1.29 is 51.3 Å². The van der Waals surface area contributed by atoms with E-state index in [2.05, 4.69) is 48.3 Å². The first-order valence-electron chi connectivity index (χ1n) is 11.6. The lowest BCUT2D eigenvalue weighted by molar-refractivity contribution is -0.193. The fraction of sp³-hybridized carbons (Fsp3) is 0.667. The van der Waals surface area contributed by atoms with Gasteiger partial charge in [-0.1, -0.05) is 12.1 Å². The summed E-state index contributed by atoms with van der Waals surface area (Å²) in [5.41, 5.74) is 2.17. The van der Waals surface area contributed by atoms with Gasteiger partial charge in [0.2, 0.25) is 0 Å². The maximum atomic E-state index is 10.6. The normalized spacial score (nSPS) is 15.6. The molecule has 7 nitrogen and oxygen atoms in total. The largest absolute Gasteiger partial charge is 0.490 e. The average molecular weight is 547 g/mol. The molecule has 13 heteroatoms. The predicted molar refractivity (Wildman–Crippen MR) is 127 cm³/mol. The highest BCUT2D eigenvalue weighted by Gasteiger charge is 2.38. The van der Waals surface area contributed by atoms with Gasteiger partial charge in [0.1, 0.15) is 0 Å². The molecule has 0 bridgehead atoms. The second-order valence-corrected chi connectivity index (χ2v) is 9.48. The molecule has 1 saturated heterocycles. The summed E-state index contributed by atoms with van der Waals surface area (Å²) in [6.07, 6.45) is -4.64. The molecule has 1 aliphatic heterocycles. The molecule has 4 N–H and O–H groups in total. The second kappa shape index (κ2) is 15.0. The van der Waals surface area contributed by atoms with Crippen molar-refractivity contribution in [1.29, 1.82) is 0 Å². The first-order chi connectivity index (χ1) is 16.7. The van der Waals surface area contributed by atoms with E-state index in [4.69, 9.17) is 19.8 Å². The van der Waals surface area contributed by atoms with Gasteiger partial charge in [-0.2, -0.15) is 26.3 Å². The highest BCUT2D eigenvalue weighted by Crippen LogP contribution is 2.22. The third-order valence-corrected chi connectivity index (χ3v) is 5.29. The van der Waals surface area contributed by atoms with Crippen LogP contribution in [0.1, 0.15) is 58.4 Å². The Bertz CT molecular complexity index is 808. The van der Waals surface area contributed by atoms with Gasteiger partial charge in [-0.05, 0) is 77.5 Å². The number of aliphatic carboxylic acids is 2. The number of hydrogen-bond donors (Lipinski definition) is 4. The van der Waals surface area contributed by atoms with Crippen LogP contribution in [0.2, 0.25) is 0 Å². The zero-order chi connectivity index (χ0) is 29.0. The van der Waals surface area contributed by atoms with Gasteiger partial charge in [-0.3, -0.25) is 0 Å². The van der Waals surface area contributed by atoms with Gasteiger partial charge in [0.15, 0.2) is 0 Å². The van der Waals surface area contributed by atoms with Crippen LogP contribution < -0.4 is 10.2 Å². The molecule has 214 valence electrons. The smallest absolute Gasteiger partial charge is 0.475 e. The maximum absolute atomic E-state index is 10.6. The van der Waals surface area contributed by atoms with Crippen LogP contribution in [0, 0.1) is 6.92 Å². The van der Waals surface area contributed by atoms with Crippen LogP contribution in [-0.4, -0.2) is 70.4 Å². The zero-order valence-corrected chi connectivity index (χ0v) is 21.3. The number of carbonyl (C=O) groups is 2. The second-order valence-electron chi connectivity index (χ2n) is 9.48. The fourth-order valence-corrected chi connectivity index (χ4v) is 3.46. The Balaban J connectivity index is 0.000000761. The topological polar surface area (TPSA) is 110 Å². The first kappa shape index (κ1) is 34.5. The van der Waals surface area contributed by atoms with Crippen molar-refractivity contribution in [2.24, 2.45) is 0 Å². The van der Waals surface area contributed by atoms with Crippen molar-refractivity contribution in [1.82, 2.24) is 5.32 Å². The van der Waals surface area contributed by atoms with Gasteiger partial charge in [0, 0.05) is 30.9 Å². The number of aliphatic hydroxyl groups is 1. The van der Waals surface area contributed by atoms with E-state index in [1.807, 2.05) is 13.8 Å². The Kier molecular flexibility index (Phi) is 14.0. The molecule has 0 spiro atoms. The molecule has 0 saturated carbocycles. The summed E-state index contributed by atoms with van der Waals surface area (Å²) >= 11 is 0. The Labute approximate surface area is 212 Å². The van der Waals surface area contributed by atoms with Crippen molar-refractivity contribution in [2.45, 2.75) is 89.8 Å². The molecule has 1 heterocycles. The van der Waals surface area contributed by atoms with Crippen LogP contribution in [0.25, 0.3) is 0 Å². The molecule has 1 aromatic rings. The first-order valence-corrected chi connectivity index (χ1v) is 11.6. The molecule has 1 unspecified atom stereocenters. The number of hydrogen-bond acceptors (Lipinski definition) is 5. The Morgan fingerprint density at radius 2 is 1.49 bits per heavy atom. The number of rotatable bonds is 7. The minimum atomic E-state index is -5.08. The molecule has 1 atom stereocenters. The van der Waals surface area contributed by atoms with E-state index in [9.17, 15) is 31.4 Å². The molecule has 0 aromatic heterocycles. The van der Waals surface area contributed by atoms with Crippen molar-refractivity contribution in [2.75, 3.05) is 18.0 Å². The third kappa shape index (κ3) is 16.8. The van der Waals surface area contributed by atoms with Crippen LogP contribution in [0.5, 0.6) is 0 Å². The van der Waals surface area contributed by atoms with Gasteiger partial charge < -0.3 is 25.5 Å². The molecule has 1 fully saturated rings. The summed E-state index contributed by atoms with van der Waals surface area (Å²) in [4.78, 5) is 20.3. The summed E-state index contributed by atoms with van der Waals surface area (Å²) in [5, 5.41) is 27.8. The van der Waals surface area contributed by atoms with Crippen molar-refractivity contribution in [3.05, 3.63) is 29.8 Å². The number of piperidine rings is 1. The van der Waals surface area contributed by atoms with Gasteiger partial charge in [-0.25, -0.2) is 9.59 Å². The summed E-state index contributed by atoms with van der Waals surface area (Å²) in [6, 6.07) is 9.99. The molecule has 0 aliphatic carbocycles. The zero-order valence-electron chi connectivity index (χ0n) is 21.3. The molecule has 0 radical (unpaired) electrons. The van der Waals surface area contributed by atoms with E-state index >= 15 is 0 Å². The molecule has 1 aliphatic rings. The van der Waals surface area contributed by atoms with Crippen molar-refractivity contribution in [3.63, 3.8) is 0 Å². The van der Waals surface area contributed by atoms with Gasteiger partial charge in [0.05, 0.1) is 5.60 Å². The monoisotopic (exact) mass is 546 g/mol.